The van der Waals surface area contributed by atoms with Crippen LogP contribution >= 0.6 is 22.7 Å². The first-order valence-corrected chi connectivity index (χ1v) is 10.5. The Hall–Kier alpha value is -3.90. The number of urea groups is 1. The van der Waals surface area contributed by atoms with Crippen LogP contribution in [0.4, 0.5) is 26.4 Å². The Morgan fingerprint density at radius 1 is 0.968 bits per heavy atom. The first-order chi connectivity index (χ1) is 14.9. The topological polar surface area (TPSA) is 139 Å². The third-order valence-corrected chi connectivity index (χ3v) is 6.06. The van der Waals surface area contributed by atoms with E-state index in [4.69, 9.17) is 0 Å². The van der Waals surface area contributed by atoms with E-state index in [1.54, 1.807) is 31.2 Å². The number of anilines is 3. The van der Waals surface area contributed by atoms with E-state index < -0.39 is 16.9 Å². The molecule has 0 saturated carbocycles. The molecule has 0 aliphatic heterocycles. The van der Waals surface area contributed by atoms with Gasteiger partial charge in [0.25, 0.3) is 11.6 Å². The zero-order valence-corrected chi connectivity index (χ0v) is 17.5. The maximum absolute atomic E-state index is 12.7. The smallest absolute Gasteiger partial charge is 0.308 e. The molecule has 0 saturated heterocycles. The lowest BCUT2D eigenvalue weighted by Crippen LogP contribution is -2.19. The number of nitrogens with zero attached hydrogens (tertiary/aromatic N) is 3. The van der Waals surface area contributed by atoms with Crippen molar-refractivity contribution in [2.24, 2.45) is 0 Å². The number of nitro groups is 1. The van der Waals surface area contributed by atoms with Crippen LogP contribution in [0.25, 0.3) is 10.2 Å². The van der Waals surface area contributed by atoms with Crippen LogP contribution in [0, 0.1) is 17.0 Å². The molecular formula is C19H14N6O4S2. The van der Waals surface area contributed by atoms with E-state index >= 15 is 0 Å². The molecule has 0 fully saturated rings. The Balaban J connectivity index is 1.45. The summed E-state index contributed by atoms with van der Waals surface area (Å²) in [6.45, 7) is 1.66. The average Bonchev–Trinajstić information content (AvgIpc) is 3.30. The summed E-state index contributed by atoms with van der Waals surface area (Å²) in [5.41, 5.74) is 1.58. The normalized spacial score (nSPS) is 10.6. The number of rotatable bonds is 5. The van der Waals surface area contributed by atoms with Crippen LogP contribution in [0.5, 0.6) is 0 Å². The van der Waals surface area contributed by atoms with E-state index in [2.05, 4.69) is 25.9 Å². The number of nitrogens with one attached hydrogen (secondary N) is 3. The van der Waals surface area contributed by atoms with E-state index in [1.165, 1.54) is 18.2 Å². The van der Waals surface area contributed by atoms with Crippen LogP contribution in [-0.2, 0) is 0 Å². The first kappa shape index (κ1) is 20.4. The third kappa shape index (κ3) is 4.65. The Morgan fingerprint density at radius 3 is 2.45 bits per heavy atom. The fourth-order valence-corrected chi connectivity index (χ4v) is 4.43. The van der Waals surface area contributed by atoms with Crippen LogP contribution in [0.1, 0.15) is 15.4 Å². The minimum Gasteiger partial charge on any atom is -0.308 e. The van der Waals surface area contributed by atoms with E-state index in [0.717, 1.165) is 22.7 Å². The summed E-state index contributed by atoms with van der Waals surface area (Å²) >= 11 is 2.16. The summed E-state index contributed by atoms with van der Waals surface area (Å²) in [5.74, 6) is -0.430. The van der Waals surface area contributed by atoms with Gasteiger partial charge in [-0.25, -0.2) is 14.8 Å². The summed E-state index contributed by atoms with van der Waals surface area (Å²) in [6.07, 6.45) is 0. The molecule has 31 heavy (non-hydrogen) atoms. The molecule has 2 aromatic heterocycles. The number of carbonyl (C=O) groups excluding carboxylic acids is 2. The quantitative estimate of drug-likeness (QED) is 0.290. The number of thiazole rings is 2. The number of nitro benzene ring substituents is 1. The average molecular weight is 454 g/mol. The molecule has 156 valence electrons. The molecule has 4 aromatic rings. The van der Waals surface area contributed by atoms with Gasteiger partial charge in [0.15, 0.2) is 10.3 Å². The van der Waals surface area contributed by atoms with Gasteiger partial charge in [0.2, 0.25) is 0 Å². The molecular weight excluding hydrogens is 440 g/mol. The van der Waals surface area contributed by atoms with Crippen molar-refractivity contribution < 1.29 is 14.5 Å². The van der Waals surface area contributed by atoms with Gasteiger partial charge in [0.1, 0.15) is 4.88 Å². The monoisotopic (exact) mass is 454 g/mol. The largest absolute Gasteiger partial charge is 0.325 e. The highest BCUT2D eigenvalue weighted by atomic mass is 32.1. The molecule has 3 amide bonds. The zero-order valence-electron chi connectivity index (χ0n) is 15.9. The number of fused-ring (bicyclic) bond motifs is 1. The number of hydrogen-bond donors (Lipinski definition) is 3. The minimum absolute atomic E-state index is 0.0446. The highest BCUT2D eigenvalue weighted by molar-refractivity contribution is 7.22. The van der Waals surface area contributed by atoms with Crippen LogP contribution in [0.3, 0.4) is 0 Å². The Labute approximate surface area is 183 Å². The lowest BCUT2D eigenvalue weighted by molar-refractivity contribution is -0.384. The molecule has 3 N–H and O–H groups in total. The second-order valence-corrected chi connectivity index (χ2v) is 8.29. The molecule has 4 rings (SSSR count). The van der Waals surface area contributed by atoms with Gasteiger partial charge >= 0.3 is 6.03 Å². The number of aromatic nitrogens is 2. The zero-order chi connectivity index (χ0) is 22.0. The molecule has 12 heteroatoms. The van der Waals surface area contributed by atoms with E-state index in [-0.39, 0.29) is 10.8 Å². The standard InChI is InChI=1S/C19H14N6O4S2/c1-10-15(31-18(20-10)24-17(27)21-11-5-3-2-4-6-11)16(26)23-19-22-13-8-7-12(25(28)29)9-14(13)30-19/h2-9H,1H3,(H,22,23,26)(H2,20,21,24,27). The van der Waals surface area contributed by atoms with Crippen molar-refractivity contribution in [3.63, 3.8) is 0 Å². The summed E-state index contributed by atoms with van der Waals surface area (Å²) < 4.78 is 0.588. The lowest BCUT2D eigenvalue weighted by atomic mass is 10.3. The Bertz CT molecular complexity index is 1300. The fraction of sp³-hybridized carbons (Fsp3) is 0.0526. The van der Waals surface area contributed by atoms with Crippen LogP contribution in [-0.4, -0.2) is 26.8 Å². The highest BCUT2D eigenvalue weighted by Crippen LogP contribution is 2.30. The maximum Gasteiger partial charge on any atom is 0.325 e. The summed E-state index contributed by atoms with van der Waals surface area (Å²) in [4.78, 5) is 44.0. The van der Waals surface area contributed by atoms with E-state index in [1.807, 2.05) is 6.07 Å². The van der Waals surface area contributed by atoms with Gasteiger partial charge in [0, 0.05) is 17.8 Å². The second kappa shape index (κ2) is 8.45. The van der Waals surface area contributed by atoms with Gasteiger partial charge in [-0.2, -0.15) is 0 Å². The van der Waals surface area contributed by atoms with Gasteiger partial charge < -0.3 is 5.32 Å². The number of carbonyl (C=O) groups is 2. The number of aryl methyl sites for hydroxylation is 1. The van der Waals surface area contributed by atoms with Gasteiger partial charge in [-0.1, -0.05) is 40.9 Å². The number of para-hydroxylation sites is 1. The van der Waals surface area contributed by atoms with Crippen molar-refractivity contribution in [2.45, 2.75) is 6.92 Å². The number of amides is 3. The fourth-order valence-electron chi connectivity index (χ4n) is 2.68. The van der Waals surface area contributed by atoms with Crippen molar-refractivity contribution in [1.29, 1.82) is 0 Å². The van der Waals surface area contributed by atoms with Gasteiger partial charge in [-0.15, -0.1) is 0 Å². The molecule has 0 spiro atoms. The number of benzene rings is 2. The molecule has 2 aromatic carbocycles. The summed E-state index contributed by atoms with van der Waals surface area (Å²) in [5, 5.41) is 19.5. The van der Waals surface area contributed by atoms with Gasteiger partial charge in [0.05, 0.1) is 20.8 Å². The first-order valence-electron chi connectivity index (χ1n) is 8.86. The van der Waals surface area contributed by atoms with Gasteiger partial charge in [-0.3, -0.25) is 25.5 Å². The lowest BCUT2D eigenvalue weighted by Gasteiger charge is -2.04. The van der Waals surface area contributed by atoms with Crippen molar-refractivity contribution in [3.05, 3.63) is 69.2 Å². The van der Waals surface area contributed by atoms with Crippen LogP contribution < -0.4 is 16.0 Å². The second-order valence-electron chi connectivity index (χ2n) is 6.26. The molecule has 0 aliphatic rings. The Kier molecular flexibility index (Phi) is 5.56. The Morgan fingerprint density at radius 2 is 1.71 bits per heavy atom. The molecule has 10 nitrogen and oxygen atoms in total. The maximum atomic E-state index is 12.7. The predicted octanol–water partition coefficient (Wildman–Crippen LogP) is 4.87. The molecule has 0 radical (unpaired) electrons. The van der Waals surface area contributed by atoms with Gasteiger partial charge in [-0.05, 0) is 25.1 Å². The van der Waals surface area contributed by atoms with Crippen LogP contribution in [0.2, 0.25) is 0 Å². The molecule has 0 unspecified atom stereocenters. The van der Waals surface area contributed by atoms with Crippen molar-refractivity contribution >= 4 is 66.5 Å². The van der Waals surface area contributed by atoms with Crippen LogP contribution in [0.15, 0.2) is 48.5 Å². The van der Waals surface area contributed by atoms with Crippen molar-refractivity contribution in [1.82, 2.24) is 9.97 Å². The van der Waals surface area contributed by atoms with E-state index in [9.17, 15) is 19.7 Å². The highest BCUT2D eigenvalue weighted by Gasteiger charge is 2.19. The summed E-state index contributed by atoms with van der Waals surface area (Å²) in [6, 6.07) is 12.8. The number of non-ortho nitro benzene ring substituents is 1. The SMILES string of the molecule is Cc1nc(NC(=O)Nc2ccccc2)sc1C(=O)Nc1nc2ccc([N+](=O)[O-])cc2s1. The van der Waals surface area contributed by atoms with Crippen molar-refractivity contribution in [3.8, 4) is 0 Å². The van der Waals surface area contributed by atoms with E-state index in [0.29, 0.717) is 31.6 Å². The molecule has 0 bridgehead atoms. The van der Waals surface area contributed by atoms with Crippen molar-refractivity contribution in [2.75, 3.05) is 16.0 Å². The molecule has 0 atom stereocenters. The predicted molar refractivity (Wildman–Crippen MR) is 120 cm³/mol. The third-order valence-electron chi connectivity index (χ3n) is 4.06. The summed E-state index contributed by atoms with van der Waals surface area (Å²) in [7, 11) is 0. The minimum atomic E-state index is -0.486. The molecule has 0 aliphatic carbocycles. The molecule has 2 heterocycles. The number of hydrogen-bond acceptors (Lipinski definition) is 8.